The quantitative estimate of drug-likeness (QED) is 0.495. The van der Waals surface area contributed by atoms with Gasteiger partial charge in [-0.2, -0.15) is 0 Å². The number of ether oxygens (including phenoxy) is 1. The summed E-state index contributed by atoms with van der Waals surface area (Å²) in [6.45, 7) is 3.78. The second-order valence-corrected chi connectivity index (χ2v) is 8.02. The van der Waals surface area contributed by atoms with Gasteiger partial charge in [-0.3, -0.25) is 19.8 Å². The normalized spacial score (nSPS) is 15.9. The standard InChI is InChI=1S/C21H21N3O4S/c25-21(20-13-16-12-17(24(26)27)6-7-19(16)29-20)22-18(15-4-2-1-3-5-15)14-23-8-10-28-11-9-23/h1-7,12-13,18H,8-11,14H2,(H,22,25)/t18-/m0/s1. The number of nitrogens with one attached hydrogen (secondary N) is 1. The van der Waals surface area contributed by atoms with Crippen molar-refractivity contribution in [1.29, 1.82) is 0 Å². The summed E-state index contributed by atoms with van der Waals surface area (Å²) in [7, 11) is 0. The molecule has 0 aliphatic carbocycles. The molecule has 7 nitrogen and oxygen atoms in total. The third-order valence-electron chi connectivity index (χ3n) is 4.99. The molecule has 1 aromatic heterocycles. The molecule has 1 amide bonds. The van der Waals surface area contributed by atoms with Gasteiger partial charge in [0.05, 0.1) is 29.1 Å². The molecule has 0 unspecified atom stereocenters. The third-order valence-corrected chi connectivity index (χ3v) is 6.10. The molecular formula is C21H21N3O4S. The first-order valence-electron chi connectivity index (χ1n) is 9.44. The van der Waals surface area contributed by atoms with E-state index >= 15 is 0 Å². The first-order chi connectivity index (χ1) is 14.1. The summed E-state index contributed by atoms with van der Waals surface area (Å²) in [6.07, 6.45) is 0. The SMILES string of the molecule is O=C(N[C@@H](CN1CCOCC1)c1ccccc1)c1cc2cc([N+](=O)[O-])ccc2s1. The number of carbonyl (C=O) groups is 1. The summed E-state index contributed by atoms with van der Waals surface area (Å²) < 4.78 is 6.27. The van der Waals surface area contributed by atoms with E-state index in [9.17, 15) is 14.9 Å². The van der Waals surface area contributed by atoms with Gasteiger partial charge in [0.25, 0.3) is 11.6 Å². The highest BCUT2D eigenvalue weighted by Crippen LogP contribution is 2.29. The van der Waals surface area contributed by atoms with Crippen LogP contribution in [0.15, 0.2) is 54.6 Å². The molecule has 29 heavy (non-hydrogen) atoms. The van der Waals surface area contributed by atoms with E-state index < -0.39 is 4.92 Å². The highest BCUT2D eigenvalue weighted by Gasteiger charge is 2.22. The summed E-state index contributed by atoms with van der Waals surface area (Å²) in [5.74, 6) is -0.170. The van der Waals surface area contributed by atoms with Gasteiger partial charge in [-0.1, -0.05) is 30.3 Å². The lowest BCUT2D eigenvalue weighted by atomic mass is 10.1. The van der Waals surface area contributed by atoms with Crippen molar-refractivity contribution in [1.82, 2.24) is 10.2 Å². The van der Waals surface area contributed by atoms with Crippen LogP contribution in [0.4, 0.5) is 5.69 Å². The Hall–Kier alpha value is -2.81. The van der Waals surface area contributed by atoms with Crippen LogP contribution in [0.5, 0.6) is 0 Å². The van der Waals surface area contributed by atoms with E-state index in [1.807, 2.05) is 30.3 Å². The summed E-state index contributed by atoms with van der Waals surface area (Å²) in [4.78, 5) is 26.4. The summed E-state index contributed by atoms with van der Waals surface area (Å²) in [5.41, 5.74) is 1.07. The maximum atomic E-state index is 13.0. The van der Waals surface area contributed by atoms with Crippen LogP contribution in [0.1, 0.15) is 21.3 Å². The number of morpholine rings is 1. The van der Waals surface area contributed by atoms with E-state index in [2.05, 4.69) is 10.2 Å². The molecule has 0 spiro atoms. The predicted octanol–water partition coefficient (Wildman–Crippen LogP) is 3.61. The van der Waals surface area contributed by atoms with E-state index in [1.165, 1.54) is 23.5 Å². The Morgan fingerprint density at radius 3 is 2.66 bits per heavy atom. The number of amides is 1. The summed E-state index contributed by atoms with van der Waals surface area (Å²) >= 11 is 1.34. The van der Waals surface area contributed by atoms with Gasteiger partial charge in [-0.05, 0) is 17.7 Å². The number of nitro benzene ring substituents is 1. The average molecular weight is 411 g/mol. The molecule has 1 atom stereocenters. The van der Waals surface area contributed by atoms with Gasteiger partial charge in [0.1, 0.15) is 0 Å². The molecule has 0 bridgehead atoms. The number of carbonyl (C=O) groups excluding carboxylic acids is 1. The minimum atomic E-state index is -0.426. The van der Waals surface area contributed by atoms with Crippen LogP contribution in [-0.4, -0.2) is 48.6 Å². The van der Waals surface area contributed by atoms with Crippen molar-refractivity contribution in [2.45, 2.75) is 6.04 Å². The van der Waals surface area contributed by atoms with Gasteiger partial charge in [0, 0.05) is 41.9 Å². The first kappa shape index (κ1) is 19.5. The van der Waals surface area contributed by atoms with Gasteiger partial charge in [0.15, 0.2) is 0 Å². The number of hydrogen-bond donors (Lipinski definition) is 1. The minimum Gasteiger partial charge on any atom is -0.379 e. The molecule has 1 aliphatic rings. The molecule has 1 N–H and O–H groups in total. The van der Waals surface area contributed by atoms with Crippen molar-refractivity contribution in [2.75, 3.05) is 32.8 Å². The molecule has 2 aromatic carbocycles. The average Bonchev–Trinajstić information content (AvgIpc) is 3.18. The predicted molar refractivity (Wildman–Crippen MR) is 112 cm³/mol. The Morgan fingerprint density at radius 1 is 1.17 bits per heavy atom. The molecule has 1 aliphatic heterocycles. The Kier molecular flexibility index (Phi) is 5.84. The number of nitrogens with zero attached hydrogens (tertiary/aromatic N) is 2. The lowest BCUT2D eigenvalue weighted by molar-refractivity contribution is -0.384. The smallest absolute Gasteiger partial charge is 0.270 e. The number of fused-ring (bicyclic) bond motifs is 1. The number of rotatable bonds is 6. The fourth-order valence-electron chi connectivity index (χ4n) is 3.45. The second-order valence-electron chi connectivity index (χ2n) is 6.94. The lowest BCUT2D eigenvalue weighted by Gasteiger charge is -2.31. The van der Waals surface area contributed by atoms with Gasteiger partial charge in [-0.25, -0.2) is 0 Å². The van der Waals surface area contributed by atoms with Crippen LogP contribution in [0, 0.1) is 10.1 Å². The van der Waals surface area contributed by atoms with Crippen LogP contribution in [-0.2, 0) is 4.74 Å². The van der Waals surface area contributed by atoms with Crippen LogP contribution in [0.3, 0.4) is 0 Å². The van der Waals surface area contributed by atoms with Crippen molar-refractivity contribution in [3.63, 3.8) is 0 Å². The Labute approximate surface area is 172 Å². The van der Waals surface area contributed by atoms with E-state index in [0.717, 1.165) is 23.4 Å². The zero-order valence-electron chi connectivity index (χ0n) is 15.7. The first-order valence-corrected chi connectivity index (χ1v) is 10.3. The molecule has 2 heterocycles. The molecule has 150 valence electrons. The monoisotopic (exact) mass is 411 g/mol. The van der Waals surface area contributed by atoms with Crippen molar-refractivity contribution in [3.8, 4) is 0 Å². The topological polar surface area (TPSA) is 84.7 Å². The van der Waals surface area contributed by atoms with E-state index in [-0.39, 0.29) is 17.6 Å². The molecule has 8 heteroatoms. The number of nitro groups is 1. The van der Waals surface area contributed by atoms with Crippen molar-refractivity contribution in [2.24, 2.45) is 0 Å². The molecule has 0 radical (unpaired) electrons. The van der Waals surface area contributed by atoms with Gasteiger partial charge < -0.3 is 10.1 Å². The molecule has 1 saturated heterocycles. The maximum Gasteiger partial charge on any atom is 0.270 e. The number of benzene rings is 2. The molecule has 3 aromatic rings. The molecular weight excluding hydrogens is 390 g/mol. The number of hydrogen-bond acceptors (Lipinski definition) is 6. The molecule has 1 fully saturated rings. The van der Waals surface area contributed by atoms with Crippen molar-refractivity contribution < 1.29 is 14.5 Å². The molecule has 4 rings (SSSR count). The highest BCUT2D eigenvalue weighted by molar-refractivity contribution is 7.20. The summed E-state index contributed by atoms with van der Waals surface area (Å²) in [6, 6.07) is 16.1. The van der Waals surface area contributed by atoms with Gasteiger partial charge in [0.2, 0.25) is 0 Å². The Balaban J connectivity index is 1.55. The van der Waals surface area contributed by atoms with Crippen molar-refractivity contribution >= 4 is 33.0 Å². The fraction of sp³-hybridized carbons (Fsp3) is 0.286. The molecule has 0 saturated carbocycles. The fourth-order valence-corrected chi connectivity index (χ4v) is 4.39. The second kappa shape index (κ2) is 8.69. The zero-order chi connectivity index (χ0) is 20.2. The van der Waals surface area contributed by atoms with Crippen molar-refractivity contribution in [3.05, 3.63) is 75.2 Å². The highest BCUT2D eigenvalue weighted by atomic mass is 32.1. The Morgan fingerprint density at radius 2 is 1.93 bits per heavy atom. The van der Waals surface area contributed by atoms with Crippen LogP contribution < -0.4 is 5.32 Å². The Bertz CT molecular complexity index is 1020. The van der Waals surface area contributed by atoms with E-state index in [4.69, 9.17) is 4.74 Å². The van der Waals surface area contributed by atoms with Gasteiger partial charge in [-0.15, -0.1) is 11.3 Å². The largest absolute Gasteiger partial charge is 0.379 e. The van der Waals surface area contributed by atoms with Crippen LogP contribution in [0.2, 0.25) is 0 Å². The maximum absolute atomic E-state index is 13.0. The van der Waals surface area contributed by atoms with E-state index in [0.29, 0.717) is 30.0 Å². The third kappa shape index (κ3) is 4.61. The zero-order valence-corrected chi connectivity index (χ0v) is 16.6. The minimum absolute atomic E-state index is 0.0248. The number of thiophene rings is 1. The van der Waals surface area contributed by atoms with Gasteiger partial charge >= 0.3 is 0 Å². The lowest BCUT2D eigenvalue weighted by Crippen LogP contribution is -2.43. The van der Waals surface area contributed by atoms with E-state index in [1.54, 1.807) is 12.1 Å². The van der Waals surface area contributed by atoms with Crippen LogP contribution >= 0.6 is 11.3 Å². The van der Waals surface area contributed by atoms with Crippen LogP contribution in [0.25, 0.3) is 10.1 Å². The summed E-state index contributed by atoms with van der Waals surface area (Å²) in [5, 5.41) is 14.9. The number of non-ortho nitro benzene ring substituents is 1.